The summed E-state index contributed by atoms with van der Waals surface area (Å²) in [7, 11) is 1.70. The predicted molar refractivity (Wildman–Crippen MR) is 100.0 cm³/mol. The highest BCUT2D eigenvalue weighted by atomic mass is 32.2. The maximum atomic E-state index is 10.9. The number of nitrogens with zero attached hydrogens (tertiary/aromatic N) is 4. The van der Waals surface area contributed by atoms with Gasteiger partial charge in [0, 0.05) is 29.3 Å². The molecule has 25 heavy (non-hydrogen) atoms. The lowest BCUT2D eigenvalue weighted by molar-refractivity contribution is -0.107. The Morgan fingerprint density at radius 3 is 2.40 bits per heavy atom. The minimum Gasteiger partial charge on any atom is -0.318 e. The lowest BCUT2D eigenvalue weighted by Gasteiger charge is -2.12. The van der Waals surface area contributed by atoms with Gasteiger partial charge in [-0.1, -0.05) is 12.1 Å². The smallest absolute Gasteiger partial charge is 0.213 e. The van der Waals surface area contributed by atoms with E-state index in [2.05, 4.69) is 11.2 Å². The molecule has 0 atom stereocenters. The Hall–Kier alpha value is -3.04. The van der Waals surface area contributed by atoms with E-state index >= 15 is 0 Å². The molecule has 124 valence electrons. The zero-order valence-electron chi connectivity index (χ0n) is 13.9. The topological polar surface area (TPSA) is 61.9 Å². The number of hydrogen-bond donors (Lipinski definition) is 0. The molecule has 0 saturated carbocycles. The highest BCUT2D eigenvalue weighted by Crippen LogP contribution is 2.27. The maximum absolute atomic E-state index is 10.9. The van der Waals surface area contributed by atoms with Crippen LogP contribution in [0.3, 0.4) is 0 Å². The third-order valence-corrected chi connectivity index (χ3v) is 4.61. The van der Waals surface area contributed by atoms with Crippen LogP contribution >= 0.6 is 11.8 Å². The van der Waals surface area contributed by atoms with Gasteiger partial charge in [0.1, 0.15) is 6.07 Å². The first-order valence-electron chi connectivity index (χ1n) is 7.59. The molecule has 6 heteroatoms. The Morgan fingerprint density at radius 1 is 1.16 bits per heavy atom. The number of nitriles is 1. The van der Waals surface area contributed by atoms with E-state index in [-0.39, 0.29) is 0 Å². The van der Waals surface area contributed by atoms with E-state index in [4.69, 9.17) is 0 Å². The molecule has 0 N–H and O–H groups in total. The van der Waals surface area contributed by atoms with Crippen molar-refractivity contribution in [3.8, 4) is 23.0 Å². The van der Waals surface area contributed by atoms with Crippen LogP contribution in [-0.4, -0.2) is 29.5 Å². The first-order chi connectivity index (χ1) is 12.2. The molecule has 1 heterocycles. The van der Waals surface area contributed by atoms with Gasteiger partial charge in [-0.25, -0.2) is 4.68 Å². The van der Waals surface area contributed by atoms with Gasteiger partial charge < -0.3 is 4.90 Å². The fourth-order valence-corrected chi connectivity index (χ4v) is 2.90. The molecule has 0 radical (unpaired) electrons. The Kier molecular flexibility index (Phi) is 4.87. The molecule has 0 bridgehead atoms. The summed E-state index contributed by atoms with van der Waals surface area (Å²) in [5.74, 6) is 0. The Bertz CT molecular complexity index is 924. The van der Waals surface area contributed by atoms with Crippen LogP contribution in [0, 0.1) is 11.3 Å². The predicted octanol–water partition coefficient (Wildman–Crippen LogP) is 3.73. The minimum atomic E-state index is 0.359. The average molecular weight is 348 g/mol. The lowest BCUT2D eigenvalue weighted by atomic mass is 10.1. The van der Waals surface area contributed by atoms with Gasteiger partial charge in [-0.3, -0.25) is 4.79 Å². The summed E-state index contributed by atoms with van der Waals surface area (Å²) in [6.07, 6.45) is 2.79. The standard InChI is InChI=1S/C19H16N4OS/c1-22(13-24)16-5-7-17(8-6-16)23-19(11-15(12-20)21-23)14-3-9-18(25-2)10-4-14/h3-11,13H,1-2H3. The van der Waals surface area contributed by atoms with Crippen LogP contribution in [0.4, 0.5) is 5.69 Å². The van der Waals surface area contributed by atoms with Crippen LogP contribution in [0.25, 0.3) is 16.9 Å². The van der Waals surface area contributed by atoms with Crippen LogP contribution in [0.1, 0.15) is 5.69 Å². The van der Waals surface area contributed by atoms with Crippen LogP contribution in [0.5, 0.6) is 0 Å². The molecule has 3 aromatic rings. The summed E-state index contributed by atoms with van der Waals surface area (Å²) in [5.41, 5.74) is 3.81. The molecule has 0 aliphatic carbocycles. The van der Waals surface area contributed by atoms with Gasteiger partial charge in [-0.2, -0.15) is 10.4 Å². The van der Waals surface area contributed by atoms with E-state index in [1.54, 1.807) is 29.6 Å². The average Bonchev–Trinajstić information content (AvgIpc) is 3.12. The second kappa shape index (κ2) is 7.24. The Labute approximate surface area is 150 Å². The van der Waals surface area contributed by atoms with Crippen LogP contribution < -0.4 is 4.90 Å². The van der Waals surface area contributed by atoms with E-state index in [1.807, 2.05) is 54.8 Å². The number of amides is 1. The molecule has 0 aliphatic rings. The molecular weight excluding hydrogens is 332 g/mol. The molecule has 3 rings (SSSR count). The summed E-state index contributed by atoms with van der Waals surface area (Å²) in [4.78, 5) is 13.5. The van der Waals surface area contributed by atoms with Crippen molar-refractivity contribution in [2.24, 2.45) is 0 Å². The van der Waals surface area contributed by atoms with Gasteiger partial charge in [0.2, 0.25) is 6.41 Å². The van der Waals surface area contributed by atoms with Gasteiger partial charge in [-0.15, -0.1) is 11.8 Å². The largest absolute Gasteiger partial charge is 0.318 e. The fraction of sp³-hybridized carbons (Fsp3) is 0.105. The van der Waals surface area contributed by atoms with E-state index in [0.717, 1.165) is 29.0 Å². The van der Waals surface area contributed by atoms with E-state index < -0.39 is 0 Å². The summed E-state index contributed by atoms with van der Waals surface area (Å²) < 4.78 is 1.75. The molecule has 1 aromatic heterocycles. The van der Waals surface area contributed by atoms with E-state index in [1.165, 1.54) is 9.80 Å². The molecule has 2 aromatic carbocycles. The van der Waals surface area contributed by atoms with Gasteiger partial charge in [0.25, 0.3) is 0 Å². The van der Waals surface area contributed by atoms with Crippen molar-refractivity contribution in [3.05, 3.63) is 60.3 Å². The number of anilines is 1. The number of thioether (sulfide) groups is 1. The van der Waals surface area contributed by atoms with Gasteiger partial charge in [0.15, 0.2) is 5.69 Å². The van der Waals surface area contributed by atoms with Crippen molar-refractivity contribution in [1.82, 2.24) is 9.78 Å². The van der Waals surface area contributed by atoms with Crippen molar-refractivity contribution in [3.63, 3.8) is 0 Å². The first kappa shape index (κ1) is 16.8. The monoisotopic (exact) mass is 348 g/mol. The Morgan fingerprint density at radius 2 is 1.84 bits per heavy atom. The fourth-order valence-electron chi connectivity index (χ4n) is 2.49. The van der Waals surface area contributed by atoms with Crippen molar-refractivity contribution in [2.75, 3.05) is 18.2 Å². The molecule has 0 unspecified atom stereocenters. The van der Waals surface area contributed by atoms with Crippen molar-refractivity contribution in [1.29, 1.82) is 5.26 Å². The number of hydrogen-bond acceptors (Lipinski definition) is 4. The molecular formula is C19H16N4OS. The number of benzene rings is 2. The summed E-state index contributed by atoms with van der Waals surface area (Å²) >= 11 is 1.68. The summed E-state index contributed by atoms with van der Waals surface area (Å²) in [6, 6.07) is 19.5. The van der Waals surface area contributed by atoms with Gasteiger partial charge in [-0.05, 0) is 42.7 Å². The third kappa shape index (κ3) is 3.42. The minimum absolute atomic E-state index is 0.359. The van der Waals surface area contributed by atoms with Crippen molar-refractivity contribution in [2.45, 2.75) is 4.90 Å². The zero-order chi connectivity index (χ0) is 17.8. The van der Waals surface area contributed by atoms with E-state index in [0.29, 0.717) is 5.69 Å². The molecule has 0 aliphatic heterocycles. The summed E-state index contributed by atoms with van der Waals surface area (Å²) in [5, 5.41) is 13.6. The molecule has 0 saturated heterocycles. The SMILES string of the molecule is CSc1ccc(-c2cc(C#N)nn2-c2ccc(N(C)C=O)cc2)cc1. The molecule has 1 amide bonds. The number of rotatable bonds is 5. The normalized spacial score (nSPS) is 10.3. The summed E-state index contributed by atoms with van der Waals surface area (Å²) in [6.45, 7) is 0. The Balaban J connectivity index is 2.05. The third-order valence-electron chi connectivity index (χ3n) is 3.87. The number of carbonyl (C=O) groups is 1. The lowest BCUT2D eigenvalue weighted by Crippen LogP contribution is -2.13. The molecule has 5 nitrogen and oxygen atoms in total. The number of carbonyl (C=O) groups excluding carboxylic acids is 1. The second-order valence-corrected chi connectivity index (χ2v) is 6.28. The molecule has 0 fully saturated rings. The van der Waals surface area contributed by atoms with Crippen molar-refractivity contribution >= 4 is 23.9 Å². The first-order valence-corrected chi connectivity index (χ1v) is 8.82. The maximum Gasteiger partial charge on any atom is 0.213 e. The van der Waals surface area contributed by atoms with Crippen LogP contribution in [-0.2, 0) is 4.79 Å². The van der Waals surface area contributed by atoms with Crippen LogP contribution in [0.2, 0.25) is 0 Å². The number of aromatic nitrogens is 2. The highest BCUT2D eigenvalue weighted by molar-refractivity contribution is 7.98. The zero-order valence-corrected chi connectivity index (χ0v) is 14.7. The van der Waals surface area contributed by atoms with Gasteiger partial charge in [0.05, 0.1) is 11.4 Å². The quantitative estimate of drug-likeness (QED) is 0.521. The molecule has 0 spiro atoms. The van der Waals surface area contributed by atoms with Gasteiger partial charge >= 0.3 is 0 Å². The highest BCUT2D eigenvalue weighted by Gasteiger charge is 2.12. The second-order valence-electron chi connectivity index (χ2n) is 5.40. The van der Waals surface area contributed by atoms with Crippen LogP contribution in [0.15, 0.2) is 59.5 Å². The van der Waals surface area contributed by atoms with Crippen molar-refractivity contribution < 1.29 is 4.79 Å². The van der Waals surface area contributed by atoms with E-state index in [9.17, 15) is 10.1 Å².